The first-order chi connectivity index (χ1) is 17.0. The zero-order valence-corrected chi connectivity index (χ0v) is 19.4. The van der Waals surface area contributed by atoms with E-state index in [4.69, 9.17) is 0 Å². The Bertz CT molecular complexity index is 1240. The topological polar surface area (TPSA) is 61.8 Å². The lowest BCUT2D eigenvalue weighted by Crippen LogP contribution is -2.49. The molecule has 0 amide bonds. The summed E-state index contributed by atoms with van der Waals surface area (Å²) in [6.45, 7) is 3.65. The van der Waals surface area contributed by atoms with Crippen LogP contribution in [-0.2, 0) is 19.0 Å². The summed E-state index contributed by atoms with van der Waals surface area (Å²) in [6, 6.07) is 12.2. The molecule has 0 radical (unpaired) electrons. The van der Waals surface area contributed by atoms with Crippen molar-refractivity contribution >= 4 is 10.9 Å². The number of aryl methyl sites for hydroxylation is 1. The molecule has 1 unspecified atom stereocenters. The van der Waals surface area contributed by atoms with Crippen LogP contribution in [0.4, 0.5) is 13.2 Å². The third-order valence-corrected chi connectivity index (χ3v) is 6.84. The Labute approximate surface area is 202 Å². The number of nitrogens with zero attached hydrogens (tertiary/aromatic N) is 4. The van der Waals surface area contributed by atoms with E-state index in [2.05, 4.69) is 43.7 Å². The highest BCUT2D eigenvalue weighted by atomic mass is 19.4. The maximum atomic E-state index is 13.2. The smallest absolute Gasteiger partial charge is 0.361 e. The monoisotopic (exact) mass is 482 g/mol. The number of hydrogen-bond donors (Lipinski definition) is 2. The van der Waals surface area contributed by atoms with Gasteiger partial charge >= 0.3 is 6.18 Å². The van der Waals surface area contributed by atoms with Crippen molar-refractivity contribution in [3.8, 4) is 5.69 Å². The van der Waals surface area contributed by atoms with Crippen molar-refractivity contribution in [2.24, 2.45) is 0 Å². The number of nitrogens with one attached hydrogen (secondary N) is 2. The van der Waals surface area contributed by atoms with Gasteiger partial charge in [-0.1, -0.05) is 18.2 Å². The molecule has 0 bridgehead atoms. The minimum atomic E-state index is -4.32. The van der Waals surface area contributed by atoms with Crippen molar-refractivity contribution in [2.75, 3.05) is 26.2 Å². The number of aromatic amines is 1. The van der Waals surface area contributed by atoms with Crippen LogP contribution in [0.1, 0.15) is 29.5 Å². The van der Waals surface area contributed by atoms with Crippen molar-refractivity contribution < 1.29 is 13.2 Å². The summed E-state index contributed by atoms with van der Waals surface area (Å²) >= 11 is 0. The molecule has 1 saturated heterocycles. The van der Waals surface area contributed by atoms with Gasteiger partial charge in [-0.05, 0) is 61.1 Å². The van der Waals surface area contributed by atoms with Gasteiger partial charge < -0.3 is 10.3 Å². The summed E-state index contributed by atoms with van der Waals surface area (Å²) in [5.74, 6) is 0. The molecule has 2 N–H and O–H groups in total. The van der Waals surface area contributed by atoms with E-state index in [0.717, 1.165) is 68.3 Å². The Balaban J connectivity index is 1.30. The average molecular weight is 483 g/mol. The zero-order valence-electron chi connectivity index (χ0n) is 19.4. The number of H-pyrrole nitrogens is 1. The van der Waals surface area contributed by atoms with E-state index < -0.39 is 11.7 Å². The SMILES string of the molecule is FC(F)(F)c1cccc(CC(CCCc2c[nH]c3ccc(-n4cnnc4)cc23)N2CCNCC2)c1. The fourth-order valence-electron chi connectivity index (χ4n) is 5.00. The van der Waals surface area contributed by atoms with Crippen LogP contribution in [0.2, 0.25) is 0 Å². The third kappa shape index (κ3) is 5.57. The Kier molecular flexibility index (Phi) is 6.88. The molecule has 2 aromatic heterocycles. The number of halogens is 3. The number of fused-ring (bicyclic) bond motifs is 1. The Morgan fingerprint density at radius 1 is 1.00 bits per heavy atom. The summed E-state index contributed by atoms with van der Waals surface area (Å²) in [7, 11) is 0. The van der Waals surface area contributed by atoms with Gasteiger partial charge in [0.05, 0.1) is 5.56 Å². The predicted molar refractivity (Wildman–Crippen MR) is 130 cm³/mol. The third-order valence-electron chi connectivity index (χ3n) is 6.84. The van der Waals surface area contributed by atoms with Crippen molar-refractivity contribution in [1.29, 1.82) is 0 Å². The van der Waals surface area contributed by atoms with Crippen molar-refractivity contribution in [3.05, 3.63) is 78.0 Å². The van der Waals surface area contributed by atoms with Crippen LogP contribution < -0.4 is 5.32 Å². The largest absolute Gasteiger partial charge is 0.416 e. The number of hydrogen-bond acceptors (Lipinski definition) is 4. The predicted octanol–water partition coefficient (Wildman–Crippen LogP) is 4.61. The average Bonchev–Trinajstić information content (AvgIpc) is 3.54. The second-order valence-corrected chi connectivity index (χ2v) is 9.15. The molecular weight excluding hydrogens is 453 g/mol. The van der Waals surface area contributed by atoms with E-state index in [0.29, 0.717) is 6.42 Å². The molecule has 184 valence electrons. The molecule has 4 aromatic rings. The standard InChI is InChI=1S/C26H29F3N6/c27-26(28,29)21-5-1-3-19(13-21)14-22(34-11-9-30-10-12-34)6-2-4-20-16-31-25-8-7-23(15-24(20)25)35-17-32-33-18-35/h1,3,5,7-8,13,15-18,22,30-31H,2,4,6,9-12,14H2. The Hall–Kier alpha value is -3.17. The molecule has 3 heterocycles. The first-order valence-electron chi connectivity index (χ1n) is 12.0. The number of rotatable bonds is 8. The maximum absolute atomic E-state index is 13.2. The van der Waals surface area contributed by atoms with Crippen LogP contribution in [0.15, 0.2) is 61.3 Å². The van der Waals surface area contributed by atoms with Crippen molar-refractivity contribution in [1.82, 2.24) is 30.0 Å². The second-order valence-electron chi connectivity index (χ2n) is 9.15. The molecule has 0 saturated carbocycles. The molecule has 1 aliphatic heterocycles. The first-order valence-corrected chi connectivity index (χ1v) is 12.0. The van der Waals surface area contributed by atoms with Crippen LogP contribution in [0.3, 0.4) is 0 Å². The molecule has 1 aliphatic rings. The van der Waals surface area contributed by atoms with Gasteiger partial charge in [0.15, 0.2) is 0 Å². The van der Waals surface area contributed by atoms with Crippen LogP contribution in [0.25, 0.3) is 16.6 Å². The Morgan fingerprint density at radius 2 is 1.80 bits per heavy atom. The first kappa shape index (κ1) is 23.6. The maximum Gasteiger partial charge on any atom is 0.416 e. The van der Waals surface area contributed by atoms with E-state index in [9.17, 15) is 13.2 Å². The van der Waals surface area contributed by atoms with Gasteiger partial charge in [-0.25, -0.2) is 0 Å². The highest BCUT2D eigenvalue weighted by molar-refractivity contribution is 5.85. The molecule has 2 aromatic carbocycles. The van der Waals surface area contributed by atoms with Crippen LogP contribution >= 0.6 is 0 Å². The van der Waals surface area contributed by atoms with Gasteiger partial charge in [-0.3, -0.25) is 9.47 Å². The van der Waals surface area contributed by atoms with E-state index in [1.165, 1.54) is 23.1 Å². The second kappa shape index (κ2) is 10.2. The van der Waals surface area contributed by atoms with Gasteiger partial charge in [0, 0.05) is 55.0 Å². The van der Waals surface area contributed by atoms with E-state index in [1.54, 1.807) is 12.7 Å². The molecule has 6 nitrogen and oxygen atoms in total. The summed E-state index contributed by atoms with van der Waals surface area (Å²) in [5, 5.41) is 12.3. The minimum absolute atomic E-state index is 0.207. The number of aromatic nitrogens is 4. The fourth-order valence-corrected chi connectivity index (χ4v) is 5.00. The highest BCUT2D eigenvalue weighted by Gasteiger charge is 2.31. The van der Waals surface area contributed by atoms with Gasteiger partial charge in [-0.2, -0.15) is 13.2 Å². The lowest BCUT2D eigenvalue weighted by molar-refractivity contribution is -0.137. The fraction of sp³-hybridized carbons (Fsp3) is 0.385. The Morgan fingerprint density at radius 3 is 2.57 bits per heavy atom. The van der Waals surface area contributed by atoms with Crippen molar-refractivity contribution in [2.45, 2.75) is 37.9 Å². The summed E-state index contributed by atoms with van der Waals surface area (Å²) < 4.78 is 41.6. The number of alkyl halides is 3. The highest BCUT2D eigenvalue weighted by Crippen LogP contribution is 2.30. The summed E-state index contributed by atoms with van der Waals surface area (Å²) in [4.78, 5) is 5.78. The lowest BCUT2D eigenvalue weighted by atomic mass is 9.96. The lowest BCUT2D eigenvalue weighted by Gasteiger charge is -2.35. The zero-order chi connectivity index (χ0) is 24.3. The molecule has 0 aliphatic carbocycles. The number of piperazine rings is 1. The molecule has 5 rings (SSSR count). The normalized spacial score (nSPS) is 16.1. The van der Waals surface area contributed by atoms with Crippen molar-refractivity contribution in [3.63, 3.8) is 0 Å². The van der Waals surface area contributed by atoms with Gasteiger partial charge in [0.1, 0.15) is 12.7 Å². The van der Waals surface area contributed by atoms with Crippen LogP contribution in [-0.4, -0.2) is 56.9 Å². The molecule has 1 fully saturated rings. The molecular formula is C26H29F3N6. The summed E-state index contributed by atoms with van der Waals surface area (Å²) in [6.07, 6.45) is 4.51. The molecule has 1 atom stereocenters. The molecule has 0 spiro atoms. The molecule has 35 heavy (non-hydrogen) atoms. The summed E-state index contributed by atoms with van der Waals surface area (Å²) in [5.41, 5.74) is 3.50. The van der Waals surface area contributed by atoms with E-state index in [1.807, 2.05) is 16.7 Å². The van der Waals surface area contributed by atoms with Gasteiger partial charge in [0.25, 0.3) is 0 Å². The van der Waals surface area contributed by atoms with Crippen LogP contribution in [0.5, 0.6) is 0 Å². The number of benzene rings is 2. The molecule has 9 heteroatoms. The van der Waals surface area contributed by atoms with Gasteiger partial charge in [0.2, 0.25) is 0 Å². The van der Waals surface area contributed by atoms with Crippen LogP contribution in [0, 0.1) is 0 Å². The van der Waals surface area contributed by atoms with E-state index in [-0.39, 0.29) is 6.04 Å². The van der Waals surface area contributed by atoms with E-state index >= 15 is 0 Å². The van der Waals surface area contributed by atoms with Gasteiger partial charge in [-0.15, -0.1) is 10.2 Å². The minimum Gasteiger partial charge on any atom is -0.361 e. The quantitative estimate of drug-likeness (QED) is 0.385.